The van der Waals surface area contributed by atoms with Crippen molar-refractivity contribution in [3.8, 4) is 0 Å². The van der Waals surface area contributed by atoms with Crippen LogP contribution >= 0.6 is 34.8 Å². The number of nitrogens with one attached hydrogen (secondary N) is 1. The monoisotopic (exact) mass is 646 g/mol. The van der Waals surface area contributed by atoms with Crippen molar-refractivity contribution >= 4 is 52.5 Å². The molecule has 0 saturated carbocycles. The van der Waals surface area contributed by atoms with Gasteiger partial charge in [0, 0.05) is 49.3 Å². The fourth-order valence-electron chi connectivity index (χ4n) is 3.86. The van der Waals surface area contributed by atoms with Crippen LogP contribution in [0.15, 0.2) is 60.9 Å². The molecule has 15 heteroatoms. The van der Waals surface area contributed by atoms with Gasteiger partial charge in [0.2, 0.25) is 11.9 Å². The lowest BCUT2D eigenvalue weighted by Gasteiger charge is -2.26. The summed E-state index contributed by atoms with van der Waals surface area (Å²) >= 11 is 17.2. The van der Waals surface area contributed by atoms with Crippen LogP contribution in [-0.4, -0.2) is 83.0 Å². The van der Waals surface area contributed by atoms with E-state index >= 15 is 0 Å². The van der Waals surface area contributed by atoms with Crippen LogP contribution in [-0.2, 0) is 22.6 Å². The van der Waals surface area contributed by atoms with E-state index in [0.29, 0.717) is 62.4 Å². The fourth-order valence-corrected chi connectivity index (χ4v) is 4.24. The summed E-state index contributed by atoms with van der Waals surface area (Å²) in [5.41, 5.74) is 7.60. The van der Waals surface area contributed by atoms with Crippen molar-refractivity contribution in [2.45, 2.75) is 13.1 Å². The molecule has 228 valence electrons. The second kappa shape index (κ2) is 17.7. The molecule has 0 radical (unpaired) electrons. The summed E-state index contributed by atoms with van der Waals surface area (Å²) in [5.74, 6) is 1.93. The van der Waals surface area contributed by atoms with E-state index in [-0.39, 0.29) is 0 Å². The van der Waals surface area contributed by atoms with Crippen LogP contribution in [0, 0.1) is 0 Å². The molecule has 0 atom stereocenters. The normalized spacial score (nSPS) is 14.6. The van der Waals surface area contributed by atoms with Crippen LogP contribution in [0.5, 0.6) is 0 Å². The van der Waals surface area contributed by atoms with Gasteiger partial charge >= 0.3 is 0 Å². The van der Waals surface area contributed by atoms with E-state index in [1.807, 2.05) is 53.4 Å². The van der Waals surface area contributed by atoms with Crippen LogP contribution in [0.25, 0.3) is 0 Å². The van der Waals surface area contributed by atoms with Crippen LogP contribution in [0.2, 0.25) is 15.2 Å². The molecule has 0 unspecified atom stereocenters. The Labute approximate surface area is 265 Å². The molecule has 2 aliphatic rings. The van der Waals surface area contributed by atoms with Crippen molar-refractivity contribution in [1.82, 2.24) is 30.4 Å². The molecule has 4 heterocycles. The van der Waals surface area contributed by atoms with E-state index in [9.17, 15) is 0 Å². The van der Waals surface area contributed by atoms with E-state index in [4.69, 9.17) is 50.0 Å². The fraction of sp³-hybridized carbons (Fsp3) is 0.357. The maximum Gasteiger partial charge on any atom is 0.247 e. The van der Waals surface area contributed by atoms with Crippen molar-refractivity contribution in [2.75, 3.05) is 67.7 Å². The van der Waals surface area contributed by atoms with Crippen LogP contribution in [0.3, 0.4) is 0 Å². The van der Waals surface area contributed by atoms with Gasteiger partial charge in [-0.05, 0) is 35.4 Å². The highest BCUT2D eigenvalue weighted by Gasteiger charge is 2.15. The van der Waals surface area contributed by atoms with E-state index in [2.05, 4.69) is 40.6 Å². The standard InChI is InChI=1S/C14H16ClN5O.C7H9ClN4O.C7H8ClN/c15-12-3-1-11(2-4-12)9-16-13-10-17-19-14(18-13)20-5-7-21-8-6-20;8-6-5-9-11-7(10-6)12-1-3-13-4-2-12;8-7-3-1-6(5-9)2-4-7/h1-4,10H,5-9H2,(H,16,18,19);5H,1-4H2;1-4H,5,9H2. The predicted molar refractivity (Wildman–Crippen MR) is 169 cm³/mol. The zero-order chi connectivity index (χ0) is 30.3. The Hall–Kier alpha value is -3.39. The summed E-state index contributed by atoms with van der Waals surface area (Å²) in [6.45, 7) is 7.23. The van der Waals surface area contributed by atoms with Gasteiger partial charge < -0.3 is 30.3 Å². The number of halogens is 3. The first kappa shape index (κ1) is 32.5. The minimum atomic E-state index is 0.372. The number of benzene rings is 2. The number of nitrogens with two attached hydrogens (primary N) is 1. The highest BCUT2D eigenvalue weighted by Crippen LogP contribution is 2.14. The SMILES string of the molecule is Clc1ccc(CNc2cnnc(N3CCOCC3)n2)cc1.Clc1cnnc(N2CCOCC2)n1.NCc1ccc(Cl)cc1. The Morgan fingerprint density at radius 1 is 0.674 bits per heavy atom. The van der Waals surface area contributed by atoms with Crippen molar-refractivity contribution in [2.24, 2.45) is 5.73 Å². The topological polar surface area (TPSA) is 140 Å². The van der Waals surface area contributed by atoms with Gasteiger partial charge in [0.15, 0.2) is 11.0 Å². The molecule has 6 rings (SSSR count). The Balaban J connectivity index is 0.000000163. The van der Waals surface area contributed by atoms with Gasteiger partial charge in [0.05, 0.1) is 38.8 Å². The van der Waals surface area contributed by atoms with E-state index in [0.717, 1.165) is 47.4 Å². The Kier molecular flexibility index (Phi) is 13.4. The second-order valence-corrected chi connectivity index (χ2v) is 10.5. The molecule has 0 aliphatic carbocycles. The third-order valence-electron chi connectivity index (χ3n) is 6.19. The highest BCUT2D eigenvalue weighted by atomic mass is 35.5. The maximum atomic E-state index is 5.87. The number of aromatic nitrogens is 6. The molecule has 43 heavy (non-hydrogen) atoms. The van der Waals surface area contributed by atoms with E-state index in [1.165, 1.54) is 6.20 Å². The summed E-state index contributed by atoms with van der Waals surface area (Å²) in [7, 11) is 0. The summed E-state index contributed by atoms with van der Waals surface area (Å²) < 4.78 is 10.5. The van der Waals surface area contributed by atoms with Crippen molar-refractivity contribution in [3.05, 3.63) is 87.2 Å². The minimum Gasteiger partial charge on any atom is -0.378 e. The third kappa shape index (κ3) is 11.3. The molecular weight excluding hydrogens is 615 g/mol. The van der Waals surface area contributed by atoms with Gasteiger partial charge in [-0.1, -0.05) is 59.1 Å². The predicted octanol–water partition coefficient (Wildman–Crippen LogP) is 4.13. The van der Waals surface area contributed by atoms with Gasteiger partial charge in [-0.25, -0.2) is 0 Å². The zero-order valence-electron chi connectivity index (χ0n) is 23.5. The summed E-state index contributed by atoms with van der Waals surface area (Å²) in [4.78, 5) is 12.6. The smallest absolute Gasteiger partial charge is 0.247 e. The third-order valence-corrected chi connectivity index (χ3v) is 6.88. The lowest BCUT2D eigenvalue weighted by atomic mass is 10.2. The summed E-state index contributed by atoms with van der Waals surface area (Å²) in [5, 5.41) is 20.8. The van der Waals surface area contributed by atoms with Crippen molar-refractivity contribution in [3.63, 3.8) is 0 Å². The van der Waals surface area contributed by atoms with Crippen LogP contribution in [0.4, 0.5) is 17.7 Å². The number of nitrogens with zero attached hydrogens (tertiary/aromatic N) is 8. The Bertz CT molecular complexity index is 1370. The molecule has 12 nitrogen and oxygen atoms in total. The average molecular weight is 648 g/mol. The number of anilines is 3. The molecular formula is C28H33Cl3N10O2. The minimum absolute atomic E-state index is 0.372. The van der Waals surface area contributed by atoms with Gasteiger partial charge in [0.1, 0.15) is 0 Å². The summed E-state index contributed by atoms with van der Waals surface area (Å²) in [6.07, 6.45) is 3.05. The summed E-state index contributed by atoms with van der Waals surface area (Å²) in [6, 6.07) is 15.2. The molecule has 0 bridgehead atoms. The lowest BCUT2D eigenvalue weighted by molar-refractivity contribution is 0.122. The maximum absolute atomic E-state index is 5.87. The highest BCUT2D eigenvalue weighted by molar-refractivity contribution is 6.30. The molecule has 3 N–H and O–H groups in total. The number of hydrogen-bond donors (Lipinski definition) is 2. The number of ether oxygens (including phenoxy) is 2. The molecule has 0 amide bonds. The first-order valence-corrected chi connectivity index (χ1v) is 14.8. The quantitative estimate of drug-likeness (QED) is 0.311. The largest absolute Gasteiger partial charge is 0.378 e. The van der Waals surface area contributed by atoms with E-state index in [1.54, 1.807) is 6.20 Å². The van der Waals surface area contributed by atoms with Crippen LogP contribution in [0.1, 0.15) is 11.1 Å². The molecule has 2 aromatic heterocycles. The van der Waals surface area contributed by atoms with Crippen LogP contribution < -0.4 is 20.9 Å². The zero-order valence-corrected chi connectivity index (χ0v) is 25.7. The molecule has 2 fully saturated rings. The van der Waals surface area contributed by atoms with Gasteiger partial charge in [0.25, 0.3) is 0 Å². The molecule has 2 saturated heterocycles. The first-order valence-electron chi connectivity index (χ1n) is 13.6. The molecule has 2 aliphatic heterocycles. The van der Waals surface area contributed by atoms with E-state index < -0.39 is 0 Å². The van der Waals surface area contributed by atoms with Gasteiger partial charge in [-0.3, -0.25) is 0 Å². The molecule has 2 aromatic carbocycles. The average Bonchev–Trinajstić information content (AvgIpc) is 3.06. The van der Waals surface area contributed by atoms with Crippen molar-refractivity contribution < 1.29 is 9.47 Å². The second-order valence-electron chi connectivity index (χ2n) is 9.23. The van der Waals surface area contributed by atoms with Gasteiger partial charge in [-0.2, -0.15) is 20.2 Å². The molecule has 4 aromatic rings. The lowest BCUT2D eigenvalue weighted by Crippen LogP contribution is -2.37. The van der Waals surface area contributed by atoms with Crippen molar-refractivity contribution in [1.29, 1.82) is 0 Å². The number of morpholine rings is 2. The first-order chi connectivity index (χ1) is 21.0. The molecule has 0 spiro atoms. The number of rotatable bonds is 6. The van der Waals surface area contributed by atoms with Gasteiger partial charge in [-0.15, -0.1) is 10.2 Å². The number of hydrogen-bond acceptors (Lipinski definition) is 12. The Morgan fingerprint density at radius 2 is 1.16 bits per heavy atom. The Morgan fingerprint density at radius 3 is 1.67 bits per heavy atom.